The highest BCUT2D eigenvalue weighted by atomic mass is 32.2. The Balaban J connectivity index is 3.05. The Kier molecular flexibility index (Phi) is 4.70. The first-order chi connectivity index (χ1) is 8.95. The van der Waals surface area contributed by atoms with Crippen LogP contribution in [0.2, 0.25) is 0 Å². The van der Waals surface area contributed by atoms with Crippen molar-refractivity contribution in [2.24, 2.45) is 0 Å². The molecule has 1 rings (SSSR count). The van der Waals surface area contributed by atoms with Crippen LogP contribution in [0.15, 0.2) is 29.2 Å². The summed E-state index contributed by atoms with van der Waals surface area (Å²) in [4.78, 5) is -0.277. The standard InChI is InChI=1S/C12H16F3NO3S/c1-4-11(2,3)16-20(17,18)10-7-5-6-9(8-10)19-12(13,14)15/h5-8,16H,4H2,1-3H3. The molecule has 0 aliphatic rings. The summed E-state index contributed by atoms with van der Waals surface area (Å²) in [6.07, 6.45) is -4.33. The van der Waals surface area contributed by atoms with Gasteiger partial charge in [0.2, 0.25) is 10.0 Å². The van der Waals surface area contributed by atoms with Crippen molar-refractivity contribution in [3.63, 3.8) is 0 Å². The van der Waals surface area contributed by atoms with Crippen LogP contribution < -0.4 is 9.46 Å². The first kappa shape index (κ1) is 16.8. The number of alkyl halides is 3. The second kappa shape index (κ2) is 5.61. The number of rotatable bonds is 5. The number of nitrogens with one attached hydrogen (secondary N) is 1. The summed E-state index contributed by atoms with van der Waals surface area (Å²) in [5.41, 5.74) is -0.695. The van der Waals surface area contributed by atoms with Crippen LogP contribution in [0, 0.1) is 0 Å². The summed E-state index contributed by atoms with van der Waals surface area (Å²) in [5.74, 6) is -0.574. The fraction of sp³-hybridized carbons (Fsp3) is 0.500. The summed E-state index contributed by atoms with van der Waals surface area (Å²) in [6.45, 7) is 5.16. The minimum Gasteiger partial charge on any atom is -0.406 e. The third-order valence-electron chi connectivity index (χ3n) is 2.64. The Morgan fingerprint density at radius 3 is 2.35 bits per heavy atom. The summed E-state index contributed by atoms with van der Waals surface area (Å²) in [7, 11) is -3.91. The van der Waals surface area contributed by atoms with E-state index in [-0.39, 0.29) is 4.90 Å². The lowest BCUT2D eigenvalue weighted by molar-refractivity contribution is -0.274. The van der Waals surface area contributed by atoms with Gasteiger partial charge in [0.25, 0.3) is 0 Å². The SMILES string of the molecule is CCC(C)(C)NS(=O)(=O)c1cccc(OC(F)(F)F)c1. The van der Waals surface area contributed by atoms with Crippen LogP contribution in [0.25, 0.3) is 0 Å². The third-order valence-corrected chi connectivity index (χ3v) is 4.34. The zero-order valence-electron chi connectivity index (χ0n) is 11.3. The predicted molar refractivity (Wildman–Crippen MR) is 67.8 cm³/mol. The van der Waals surface area contributed by atoms with Gasteiger partial charge in [-0.05, 0) is 32.4 Å². The molecule has 0 aromatic heterocycles. The lowest BCUT2D eigenvalue weighted by atomic mass is 10.0. The molecule has 0 fully saturated rings. The van der Waals surface area contributed by atoms with Crippen LogP contribution in [0.5, 0.6) is 5.75 Å². The van der Waals surface area contributed by atoms with E-state index in [0.717, 1.165) is 12.1 Å². The van der Waals surface area contributed by atoms with Crippen molar-refractivity contribution in [3.05, 3.63) is 24.3 Å². The van der Waals surface area contributed by atoms with E-state index in [2.05, 4.69) is 9.46 Å². The molecule has 0 unspecified atom stereocenters. The Hall–Kier alpha value is -1.28. The zero-order valence-corrected chi connectivity index (χ0v) is 12.1. The van der Waals surface area contributed by atoms with Gasteiger partial charge in [-0.15, -0.1) is 13.2 Å². The van der Waals surface area contributed by atoms with Crippen molar-refractivity contribution in [1.82, 2.24) is 4.72 Å². The molecular formula is C12H16F3NO3S. The number of hydrogen-bond donors (Lipinski definition) is 1. The molecule has 0 spiro atoms. The Labute approximate surface area is 116 Å². The Morgan fingerprint density at radius 1 is 1.25 bits per heavy atom. The highest BCUT2D eigenvalue weighted by Crippen LogP contribution is 2.25. The number of ether oxygens (including phenoxy) is 1. The smallest absolute Gasteiger partial charge is 0.406 e. The monoisotopic (exact) mass is 311 g/mol. The molecule has 1 N–H and O–H groups in total. The molecule has 0 amide bonds. The van der Waals surface area contributed by atoms with Gasteiger partial charge in [0.1, 0.15) is 5.75 Å². The second-order valence-corrected chi connectivity index (χ2v) is 6.55. The minimum atomic E-state index is -4.86. The average Bonchev–Trinajstić information content (AvgIpc) is 2.26. The molecule has 0 saturated carbocycles. The van der Waals surface area contributed by atoms with Crippen LogP contribution in [0.3, 0.4) is 0 Å². The van der Waals surface area contributed by atoms with E-state index in [4.69, 9.17) is 0 Å². The molecule has 0 aliphatic heterocycles. The van der Waals surface area contributed by atoms with Gasteiger partial charge < -0.3 is 4.74 Å². The summed E-state index contributed by atoms with van der Waals surface area (Å²) in [5, 5.41) is 0. The molecule has 1 aromatic rings. The first-order valence-corrected chi connectivity index (χ1v) is 7.33. The molecule has 0 aliphatic carbocycles. The highest BCUT2D eigenvalue weighted by Gasteiger charge is 2.32. The third kappa shape index (κ3) is 5.01. The van der Waals surface area contributed by atoms with Crippen LogP contribution in [0.4, 0.5) is 13.2 Å². The lowest BCUT2D eigenvalue weighted by Gasteiger charge is -2.24. The van der Waals surface area contributed by atoms with Crippen LogP contribution in [0.1, 0.15) is 27.2 Å². The number of sulfonamides is 1. The summed E-state index contributed by atoms with van der Waals surface area (Å²) >= 11 is 0. The molecule has 0 atom stereocenters. The molecular weight excluding hydrogens is 295 g/mol. The molecule has 0 heterocycles. The van der Waals surface area contributed by atoms with Gasteiger partial charge in [-0.3, -0.25) is 0 Å². The quantitative estimate of drug-likeness (QED) is 0.909. The summed E-state index contributed by atoms with van der Waals surface area (Å²) < 4.78 is 66.6. The second-order valence-electron chi connectivity index (χ2n) is 4.87. The van der Waals surface area contributed by atoms with E-state index in [1.54, 1.807) is 20.8 Å². The normalized spacial score (nSPS) is 13.3. The van der Waals surface area contributed by atoms with Gasteiger partial charge in [0.15, 0.2) is 0 Å². The van der Waals surface area contributed by atoms with Gasteiger partial charge in [0, 0.05) is 11.6 Å². The number of hydrogen-bond acceptors (Lipinski definition) is 3. The maximum Gasteiger partial charge on any atom is 0.573 e. The molecule has 114 valence electrons. The first-order valence-electron chi connectivity index (χ1n) is 5.85. The van der Waals surface area contributed by atoms with Crippen LogP contribution >= 0.6 is 0 Å². The van der Waals surface area contributed by atoms with Gasteiger partial charge in [-0.2, -0.15) is 0 Å². The maximum atomic E-state index is 12.1. The molecule has 1 aromatic carbocycles. The zero-order chi connectivity index (χ0) is 15.6. The van der Waals surface area contributed by atoms with Gasteiger partial charge in [-0.1, -0.05) is 13.0 Å². The molecule has 0 radical (unpaired) electrons. The minimum absolute atomic E-state index is 0.277. The molecule has 4 nitrogen and oxygen atoms in total. The molecule has 0 bridgehead atoms. The Bertz CT molecular complexity index is 568. The van der Waals surface area contributed by atoms with Gasteiger partial charge in [-0.25, -0.2) is 13.1 Å². The van der Waals surface area contributed by atoms with E-state index in [1.165, 1.54) is 12.1 Å². The lowest BCUT2D eigenvalue weighted by Crippen LogP contribution is -2.42. The van der Waals surface area contributed by atoms with E-state index in [1.807, 2.05) is 0 Å². The average molecular weight is 311 g/mol. The number of benzene rings is 1. The molecule has 8 heteroatoms. The van der Waals surface area contributed by atoms with Crippen molar-refractivity contribution in [3.8, 4) is 5.75 Å². The fourth-order valence-corrected chi connectivity index (χ4v) is 2.85. The van der Waals surface area contributed by atoms with Crippen molar-refractivity contribution in [1.29, 1.82) is 0 Å². The van der Waals surface area contributed by atoms with Crippen LogP contribution in [-0.4, -0.2) is 20.3 Å². The van der Waals surface area contributed by atoms with E-state index >= 15 is 0 Å². The highest BCUT2D eigenvalue weighted by molar-refractivity contribution is 7.89. The van der Waals surface area contributed by atoms with E-state index in [9.17, 15) is 21.6 Å². The summed E-state index contributed by atoms with van der Waals surface area (Å²) in [6, 6.07) is 4.27. The molecule has 0 saturated heterocycles. The fourth-order valence-electron chi connectivity index (χ4n) is 1.33. The van der Waals surface area contributed by atoms with Crippen molar-refractivity contribution in [2.45, 2.75) is 44.0 Å². The largest absolute Gasteiger partial charge is 0.573 e. The van der Waals surface area contributed by atoms with Crippen LogP contribution in [-0.2, 0) is 10.0 Å². The van der Waals surface area contributed by atoms with Crippen molar-refractivity contribution < 1.29 is 26.3 Å². The number of halogens is 3. The topological polar surface area (TPSA) is 55.4 Å². The van der Waals surface area contributed by atoms with Crippen molar-refractivity contribution in [2.75, 3.05) is 0 Å². The Morgan fingerprint density at radius 2 is 1.85 bits per heavy atom. The van der Waals surface area contributed by atoms with Gasteiger partial charge >= 0.3 is 6.36 Å². The molecule has 20 heavy (non-hydrogen) atoms. The van der Waals surface area contributed by atoms with E-state index in [0.29, 0.717) is 6.42 Å². The van der Waals surface area contributed by atoms with E-state index < -0.39 is 27.7 Å². The van der Waals surface area contributed by atoms with Crippen molar-refractivity contribution >= 4 is 10.0 Å². The predicted octanol–water partition coefficient (Wildman–Crippen LogP) is 3.05. The van der Waals surface area contributed by atoms with Gasteiger partial charge in [0.05, 0.1) is 4.90 Å². The maximum absolute atomic E-state index is 12.1.